The highest BCUT2D eigenvalue weighted by atomic mass is 16.3. The number of furan rings is 1. The predicted octanol–water partition coefficient (Wildman–Crippen LogP) is 16.0. The van der Waals surface area contributed by atoms with Crippen LogP contribution in [0.15, 0.2) is 229 Å². The second-order valence-electron chi connectivity index (χ2n) is 15.8. The van der Waals surface area contributed by atoms with Crippen molar-refractivity contribution in [2.24, 2.45) is 0 Å². The molecule has 10 aromatic carbocycles. The topological polar surface area (TPSA) is 42.2 Å². The zero-order valence-corrected chi connectivity index (χ0v) is 33.6. The molecular weight excluding hydrogens is 755 g/mol. The number of hydrogen-bond donors (Lipinski definition) is 0. The van der Waals surface area contributed by atoms with E-state index in [9.17, 15) is 0 Å². The van der Waals surface area contributed by atoms with Gasteiger partial charge in [0.1, 0.15) is 11.2 Å². The van der Waals surface area contributed by atoms with Crippen molar-refractivity contribution in [1.29, 1.82) is 0 Å². The number of benzene rings is 10. The highest BCUT2D eigenvalue weighted by Crippen LogP contribution is 2.42. The number of hydrogen-bond acceptors (Lipinski definition) is 4. The molecule has 0 N–H and O–H groups in total. The summed E-state index contributed by atoms with van der Waals surface area (Å²) in [5.41, 5.74) is 15.1. The summed E-state index contributed by atoms with van der Waals surface area (Å²) >= 11 is 0. The Labute approximate surface area is 358 Å². The highest BCUT2D eigenvalue weighted by Gasteiger charge is 2.19. The van der Waals surface area contributed by atoms with E-state index >= 15 is 0 Å². The number of fused-ring (bicyclic) bond motifs is 8. The first-order valence-corrected chi connectivity index (χ1v) is 21.0. The molecule has 0 aliphatic carbocycles. The summed E-state index contributed by atoms with van der Waals surface area (Å²) < 4.78 is 6.26. The first-order valence-electron chi connectivity index (χ1n) is 21.0. The van der Waals surface area contributed by atoms with Crippen LogP contribution in [0.2, 0.25) is 0 Å². The van der Waals surface area contributed by atoms with E-state index in [4.69, 9.17) is 14.4 Å². The molecule has 0 spiro atoms. The van der Waals surface area contributed by atoms with Gasteiger partial charge in [0.15, 0.2) is 0 Å². The molecule has 0 fully saturated rings. The molecule has 0 radical (unpaired) electrons. The third-order valence-electron chi connectivity index (χ3n) is 12.0. The molecule has 0 aliphatic rings. The van der Waals surface area contributed by atoms with Gasteiger partial charge < -0.3 is 9.32 Å². The molecule has 290 valence electrons. The van der Waals surface area contributed by atoms with Gasteiger partial charge in [0.05, 0.1) is 22.4 Å². The van der Waals surface area contributed by atoms with Crippen molar-refractivity contribution >= 4 is 71.6 Å². The van der Waals surface area contributed by atoms with E-state index in [1.807, 2.05) is 24.3 Å². The predicted molar refractivity (Wildman–Crippen MR) is 258 cm³/mol. The van der Waals surface area contributed by atoms with E-state index in [0.29, 0.717) is 0 Å². The normalized spacial score (nSPS) is 11.5. The summed E-state index contributed by atoms with van der Waals surface area (Å²) in [6.07, 6.45) is 0. The summed E-state index contributed by atoms with van der Waals surface area (Å²) in [6.45, 7) is 0. The Morgan fingerprint density at radius 3 is 1.60 bits per heavy atom. The number of aromatic nitrogens is 2. The Hall–Kier alpha value is -8.34. The number of anilines is 3. The van der Waals surface area contributed by atoms with Crippen molar-refractivity contribution in [3.63, 3.8) is 0 Å². The minimum absolute atomic E-state index is 0.872. The average molecular weight is 792 g/mol. The smallest absolute Gasteiger partial charge is 0.135 e. The molecule has 0 aliphatic heterocycles. The maximum atomic E-state index is 6.26. The van der Waals surface area contributed by atoms with Crippen molar-refractivity contribution < 1.29 is 4.42 Å². The maximum Gasteiger partial charge on any atom is 0.135 e. The van der Waals surface area contributed by atoms with Crippen molar-refractivity contribution in [3.05, 3.63) is 224 Å². The van der Waals surface area contributed by atoms with E-state index in [1.165, 1.54) is 5.56 Å². The van der Waals surface area contributed by atoms with E-state index in [1.54, 1.807) is 0 Å². The van der Waals surface area contributed by atoms with Gasteiger partial charge >= 0.3 is 0 Å². The van der Waals surface area contributed by atoms with Crippen LogP contribution in [-0.2, 0) is 0 Å². The largest absolute Gasteiger partial charge is 0.456 e. The quantitative estimate of drug-likeness (QED) is 0.151. The Morgan fingerprint density at radius 1 is 0.323 bits per heavy atom. The molecule has 2 heterocycles. The van der Waals surface area contributed by atoms with Gasteiger partial charge in [0.2, 0.25) is 0 Å². The third kappa shape index (κ3) is 6.16. The molecule has 2 aromatic heterocycles. The van der Waals surface area contributed by atoms with Gasteiger partial charge in [-0.3, -0.25) is 0 Å². The highest BCUT2D eigenvalue weighted by molar-refractivity contribution is 6.19. The zero-order chi connectivity index (χ0) is 41.0. The first-order chi connectivity index (χ1) is 30.7. The number of nitrogens with zero attached hydrogens (tertiary/aromatic N) is 3. The minimum Gasteiger partial charge on any atom is -0.456 e. The summed E-state index contributed by atoms with van der Waals surface area (Å²) in [7, 11) is 0. The van der Waals surface area contributed by atoms with E-state index in [2.05, 4.69) is 205 Å². The van der Waals surface area contributed by atoms with Crippen LogP contribution in [0.3, 0.4) is 0 Å². The van der Waals surface area contributed by atoms with Gasteiger partial charge in [0, 0.05) is 44.3 Å². The fourth-order valence-electron chi connectivity index (χ4n) is 9.02. The van der Waals surface area contributed by atoms with Gasteiger partial charge in [-0.2, -0.15) is 0 Å². The van der Waals surface area contributed by atoms with Crippen LogP contribution in [0.1, 0.15) is 0 Å². The van der Waals surface area contributed by atoms with Crippen LogP contribution in [0.25, 0.3) is 99.3 Å². The van der Waals surface area contributed by atoms with Crippen LogP contribution in [0, 0.1) is 0 Å². The van der Waals surface area contributed by atoms with E-state index in [0.717, 1.165) is 111 Å². The number of rotatable bonds is 7. The third-order valence-corrected chi connectivity index (χ3v) is 12.0. The molecule has 12 rings (SSSR count). The molecule has 0 atom stereocenters. The van der Waals surface area contributed by atoms with Crippen molar-refractivity contribution in [2.45, 2.75) is 0 Å². The van der Waals surface area contributed by atoms with Gasteiger partial charge in [-0.25, -0.2) is 9.97 Å². The van der Waals surface area contributed by atoms with Crippen molar-refractivity contribution in [3.8, 4) is 44.8 Å². The van der Waals surface area contributed by atoms with Crippen LogP contribution in [0.5, 0.6) is 0 Å². The lowest BCUT2D eigenvalue weighted by Gasteiger charge is -2.26. The lowest BCUT2D eigenvalue weighted by molar-refractivity contribution is 0.669. The van der Waals surface area contributed by atoms with Gasteiger partial charge in [-0.05, 0) is 99.1 Å². The molecule has 0 unspecified atom stereocenters. The second-order valence-corrected chi connectivity index (χ2v) is 15.8. The molecule has 0 saturated carbocycles. The van der Waals surface area contributed by atoms with Crippen molar-refractivity contribution in [2.75, 3.05) is 4.90 Å². The SMILES string of the molecule is c1ccc(-c2cccc(N(c3cccc(-c4ccc5c(ccc6ccc7nc(-c8ccccc8)c(-c8ccccc8)nc7c65)c4)c3)c3ccc4oc5ccccc5c4c3)c2)cc1. The van der Waals surface area contributed by atoms with Crippen molar-refractivity contribution in [1.82, 2.24) is 9.97 Å². The molecule has 62 heavy (non-hydrogen) atoms. The Kier molecular flexibility index (Phi) is 8.46. The van der Waals surface area contributed by atoms with Gasteiger partial charge in [-0.1, -0.05) is 164 Å². The lowest BCUT2D eigenvalue weighted by Crippen LogP contribution is -2.10. The molecule has 0 amide bonds. The fraction of sp³-hybridized carbons (Fsp3) is 0. The standard InChI is InChI=1S/C58H37N3O/c1-4-14-38(15-5-1)42-20-12-22-46(35-42)61(48-30-33-54-51(37-48)50-24-10-11-25-53(50)62-54)47-23-13-21-43(36-47)44-28-31-49-45(34-44)27-26-39-29-32-52-58(55(39)49)60-57(41-18-8-3-9-19-41)56(59-52)40-16-6-2-7-17-40/h1-37H. The second kappa shape index (κ2) is 14.7. The summed E-state index contributed by atoms with van der Waals surface area (Å²) in [6, 6.07) is 79.3. The van der Waals surface area contributed by atoms with Gasteiger partial charge in [0.25, 0.3) is 0 Å². The zero-order valence-electron chi connectivity index (χ0n) is 33.6. The monoisotopic (exact) mass is 791 g/mol. The Morgan fingerprint density at radius 2 is 0.871 bits per heavy atom. The summed E-state index contributed by atoms with van der Waals surface area (Å²) in [4.78, 5) is 13.1. The lowest BCUT2D eigenvalue weighted by atomic mass is 9.95. The first kappa shape index (κ1) is 35.6. The molecular formula is C58H37N3O. The minimum atomic E-state index is 0.872. The van der Waals surface area contributed by atoms with E-state index < -0.39 is 0 Å². The van der Waals surface area contributed by atoms with Crippen LogP contribution in [-0.4, -0.2) is 9.97 Å². The average Bonchev–Trinajstić information content (AvgIpc) is 3.72. The summed E-state index contributed by atoms with van der Waals surface area (Å²) in [5.74, 6) is 0. The Bertz CT molecular complexity index is 3640. The van der Waals surface area contributed by atoms with Crippen LogP contribution >= 0.6 is 0 Å². The fourth-order valence-corrected chi connectivity index (χ4v) is 9.02. The Balaban J connectivity index is 1.00. The summed E-state index contributed by atoms with van der Waals surface area (Å²) in [5, 5.41) is 6.73. The molecule has 12 aromatic rings. The molecule has 4 heteroatoms. The molecule has 0 bridgehead atoms. The van der Waals surface area contributed by atoms with Gasteiger partial charge in [-0.15, -0.1) is 0 Å². The van der Waals surface area contributed by atoms with Crippen LogP contribution < -0.4 is 4.90 Å². The molecule has 0 saturated heterocycles. The van der Waals surface area contributed by atoms with E-state index in [-0.39, 0.29) is 0 Å². The number of para-hydroxylation sites is 1. The maximum absolute atomic E-state index is 6.26. The van der Waals surface area contributed by atoms with Crippen LogP contribution in [0.4, 0.5) is 17.1 Å². The molecule has 4 nitrogen and oxygen atoms in total.